The minimum Gasteiger partial charge on any atom is -0.480 e. The summed E-state index contributed by atoms with van der Waals surface area (Å²) in [7, 11) is 0. The van der Waals surface area contributed by atoms with Gasteiger partial charge in [-0.2, -0.15) is 0 Å². The van der Waals surface area contributed by atoms with Gasteiger partial charge in [0.2, 0.25) is 5.91 Å². The van der Waals surface area contributed by atoms with Crippen molar-refractivity contribution in [2.24, 2.45) is 0 Å². The maximum atomic E-state index is 12.5. The number of aliphatic carboxylic acids is 1. The summed E-state index contributed by atoms with van der Waals surface area (Å²) in [6.45, 7) is 10.7. The van der Waals surface area contributed by atoms with E-state index in [-0.39, 0.29) is 12.3 Å². The Morgan fingerprint density at radius 3 is 2.23 bits per heavy atom. The van der Waals surface area contributed by atoms with E-state index in [1.807, 2.05) is 0 Å². The van der Waals surface area contributed by atoms with Crippen LogP contribution >= 0.6 is 11.8 Å². The first-order valence-electron chi connectivity index (χ1n) is 10.3. The van der Waals surface area contributed by atoms with Crippen LogP contribution in [0.1, 0.15) is 60.8 Å². The van der Waals surface area contributed by atoms with Gasteiger partial charge >= 0.3 is 18.2 Å². The van der Waals surface area contributed by atoms with Crippen LogP contribution < -0.4 is 10.6 Å². The van der Waals surface area contributed by atoms with Crippen LogP contribution in [0.3, 0.4) is 0 Å². The number of carboxylic acids is 1. The molecule has 2 atom stereocenters. The van der Waals surface area contributed by atoms with Crippen LogP contribution in [-0.2, 0) is 19.1 Å². The van der Waals surface area contributed by atoms with Crippen molar-refractivity contribution < 1.29 is 33.8 Å². The molecule has 1 unspecified atom stereocenters. The second-order valence-electron chi connectivity index (χ2n) is 9.29. The van der Waals surface area contributed by atoms with Crippen LogP contribution in [0.25, 0.3) is 0 Å². The fraction of sp³-hybridized carbons (Fsp3) is 0.800. The van der Waals surface area contributed by atoms with Crippen LogP contribution in [0, 0.1) is 0 Å². The lowest BCUT2D eigenvalue weighted by atomic mass is 10.1. The Balaban J connectivity index is 2.40. The van der Waals surface area contributed by atoms with E-state index in [9.17, 15) is 24.3 Å². The van der Waals surface area contributed by atoms with Gasteiger partial charge in [-0.25, -0.2) is 14.4 Å². The van der Waals surface area contributed by atoms with Gasteiger partial charge in [-0.1, -0.05) is 0 Å². The van der Waals surface area contributed by atoms with E-state index in [4.69, 9.17) is 9.47 Å². The summed E-state index contributed by atoms with van der Waals surface area (Å²) in [6.07, 6.45) is -0.0993. The van der Waals surface area contributed by atoms with E-state index >= 15 is 0 Å². The van der Waals surface area contributed by atoms with E-state index in [1.165, 1.54) is 16.7 Å². The molecule has 1 saturated heterocycles. The van der Waals surface area contributed by atoms with Gasteiger partial charge in [0, 0.05) is 12.3 Å². The van der Waals surface area contributed by atoms with Gasteiger partial charge in [0.15, 0.2) is 0 Å². The Hall–Kier alpha value is -2.17. The van der Waals surface area contributed by atoms with Crippen LogP contribution in [-0.4, -0.2) is 75.5 Å². The predicted octanol–water partition coefficient (Wildman–Crippen LogP) is 2.56. The molecule has 1 aliphatic heterocycles. The summed E-state index contributed by atoms with van der Waals surface area (Å²) < 4.78 is 10.4. The molecule has 10 nitrogen and oxygen atoms in total. The first-order valence-corrected chi connectivity index (χ1v) is 11.4. The molecule has 0 bridgehead atoms. The number of ether oxygens (including phenoxy) is 2. The number of thioether (sulfide) groups is 1. The van der Waals surface area contributed by atoms with Gasteiger partial charge in [-0.15, -0.1) is 11.8 Å². The number of unbranched alkanes of at least 4 members (excludes halogenated alkanes) is 1. The Bertz CT molecular complexity index is 658. The highest BCUT2D eigenvalue weighted by Crippen LogP contribution is 2.23. The molecule has 1 aliphatic rings. The molecule has 0 aromatic rings. The molecule has 178 valence electrons. The molecule has 3 amide bonds. The molecule has 1 heterocycles. The molecule has 0 aromatic carbocycles. The number of nitrogens with one attached hydrogen (secondary N) is 2. The number of amides is 3. The molecule has 0 aromatic heterocycles. The molecule has 11 heteroatoms. The van der Waals surface area contributed by atoms with Crippen molar-refractivity contribution in [3.05, 3.63) is 0 Å². The van der Waals surface area contributed by atoms with Gasteiger partial charge in [-0.05, 0) is 60.8 Å². The normalized spacial score (nSPS) is 17.6. The van der Waals surface area contributed by atoms with Crippen molar-refractivity contribution in [1.82, 2.24) is 15.5 Å². The lowest BCUT2D eigenvalue weighted by Gasteiger charge is -2.27. The van der Waals surface area contributed by atoms with Gasteiger partial charge in [0.05, 0.1) is 5.88 Å². The number of rotatable bonds is 8. The highest BCUT2D eigenvalue weighted by atomic mass is 32.2. The first-order chi connectivity index (χ1) is 14.2. The van der Waals surface area contributed by atoms with E-state index in [0.717, 1.165) is 0 Å². The Kier molecular flexibility index (Phi) is 9.92. The Labute approximate surface area is 187 Å². The minimum absolute atomic E-state index is 0.202. The van der Waals surface area contributed by atoms with Crippen LogP contribution in [0.4, 0.5) is 9.59 Å². The summed E-state index contributed by atoms with van der Waals surface area (Å²) in [6, 6.07) is -1.67. The zero-order valence-electron chi connectivity index (χ0n) is 19.1. The van der Waals surface area contributed by atoms with Crippen LogP contribution in [0.2, 0.25) is 0 Å². The third-order valence-electron chi connectivity index (χ3n) is 4.02. The SMILES string of the molecule is CC(C)(C)OC(=O)NC(CCCCNC(=O)[C@@H]1CSCN1C(=O)OC(C)(C)C)C(=O)O. The van der Waals surface area contributed by atoms with E-state index in [2.05, 4.69) is 10.6 Å². The molecule has 31 heavy (non-hydrogen) atoms. The maximum Gasteiger partial charge on any atom is 0.411 e. The summed E-state index contributed by atoms with van der Waals surface area (Å²) in [5, 5.41) is 14.4. The molecule has 0 aliphatic carbocycles. The highest BCUT2D eigenvalue weighted by Gasteiger charge is 2.37. The highest BCUT2D eigenvalue weighted by molar-refractivity contribution is 7.99. The fourth-order valence-electron chi connectivity index (χ4n) is 2.67. The van der Waals surface area contributed by atoms with Crippen molar-refractivity contribution in [2.45, 2.75) is 84.1 Å². The predicted molar refractivity (Wildman–Crippen MR) is 117 cm³/mol. The molecule has 0 saturated carbocycles. The summed E-state index contributed by atoms with van der Waals surface area (Å²) >= 11 is 1.48. The second-order valence-corrected chi connectivity index (χ2v) is 10.3. The number of nitrogens with zero attached hydrogens (tertiary/aromatic N) is 1. The van der Waals surface area contributed by atoms with Crippen LogP contribution in [0.5, 0.6) is 0 Å². The maximum absolute atomic E-state index is 12.5. The van der Waals surface area contributed by atoms with E-state index < -0.39 is 41.4 Å². The van der Waals surface area contributed by atoms with Crippen molar-refractivity contribution in [2.75, 3.05) is 18.2 Å². The largest absolute Gasteiger partial charge is 0.480 e. The topological polar surface area (TPSA) is 134 Å². The number of alkyl carbamates (subject to hydrolysis) is 1. The Morgan fingerprint density at radius 1 is 1.06 bits per heavy atom. The molecular formula is C20H35N3O7S. The van der Waals surface area contributed by atoms with Crippen molar-refractivity contribution in [1.29, 1.82) is 0 Å². The average molecular weight is 462 g/mol. The summed E-state index contributed by atoms with van der Waals surface area (Å²) in [5.74, 6) is -0.529. The number of carboxylic acid groups (broad SMARTS) is 1. The first kappa shape index (κ1) is 26.9. The number of carbonyl (C=O) groups is 4. The third-order valence-corrected chi connectivity index (χ3v) is 5.03. The molecular weight excluding hydrogens is 426 g/mol. The smallest absolute Gasteiger partial charge is 0.411 e. The minimum atomic E-state index is -1.15. The Morgan fingerprint density at radius 2 is 1.68 bits per heavy atom. The monoisotopic (exact) mass is 461 g/mol. The van der Waals surface area contributed by atoms with Crippen molar-refractivity contribution in [3.63, 3.8) is 0 Å². The molecule has 0 spiro atoms. The van der Waals surface area contributed by atoms with Gasteiger partial charge < -0.3 is 25.2 Å². The standard InChI is InChI=1S/C20H35N3O7S/c1-19(2,3)29-17(27)22-13(16(25)26)9-7-8-10-21-15(24)14-11-31-12-23(14)18(28)30-20(4,5)6/h13-14H,7-12H2,1-6H3,(H,21,24)(H,22,27)(H,25,26)/t13?,14-/m0/s1. The van der Waals surface area contributed by atoms with E-state index in [1.54, 1.807) is 41.5 Å². The number of carbonyl (C=O) groups excluding carboxylic acids is 3. The molecule has 1 rings (SSSR count). The lowest BCUT2D eigenvalue weighted by Crippen LogP contribution is -2.48. The fourth-order valence-corrected chi connectivity index (χ4v) is 3.81. The third kappa shape index (κ3) is 10.6. The zero-order valence-corrected chi connectivity index (χ0v) is 20.0. The second kappa shape index (κ2) is 11.4. The van der Waals surface area contributed by atoms with Gasteiger partial charge in [0.25, 0.3) is 0 Å². The number of hydrogen-bond acceptors (Lipinski definition) is 7. The number of hydrogen-bond donors (Lipinski definition) is 3. The molecule has 0 radical (unpaired) electrons. The van der Waals surface area contributed by atoms with Crippen molar-refractivity contribution >= 4 is 35.8 Å². The van der Waals surface area contributed by atoms with E-state index in [0.29, 0.717) is 31.0 Å². The van der Waals surface area contributed by atoms with Crippen LogP contribution in [0.15, 0.2) is 0 Å². The molecule has 1 fully saturated rings. The zero-order chi connectivity index (χ0) is 23.8. The summed E-state index contributed by atoms with van der Waals surface area (Å²) in [4.78, 5) is 49.3. The lowest BCUT2D eigenvalue weighted by molar-refractivity contribution is -0.139. The van der Waals surface area contributed by atoms with Gasteiger partial charge in [0.1, 0.15) is 23.3 Å². The van der Waals surface area contributed by atoms with Gasteiger partial charge in [-0.3, -0.25) is 9.69 Å². The summed E-state index contributed by atoms with van der Waals surface area (Å²) in [5.41, 5.74) is -1.36. The molecule has 3 N–H and O–H groups in total. The quantitative estimate of drug-likeness (QED) is 0.470. The average Bonchev–Trinajstić information content (AvgIpc) is 3.07. The van der Waals surface area contributed by atoms with Crippen molar-refractivity contribution in [3.8, 4) is 0 Å².